The lowest BCUT2D eigenvalue weighted by molar-refractivity contribution is 0.309. The summed E-state index contributed by atoms with van der Waals surface area (Å²) in [4.78, 5) is 0. The third kappa shape index (κ3) is 13.4. The average molecular weight is 329 g/mol. The molecule has 0 unspecified atom stereocenters. The van der Waals surface area contributed by atoms with E-state index in [-0.39, 0.29) is 0 Å². The van der Waals surface area contributed by atoms with Crippen LogP contribution >= 0.6 is 0 Å². The number of rotatable bonds is 5. The molecule has 0 heterocycles. The SMILES string of the molecule is C=C(C)/C=C\C(=C)OC.C=Cc1cccc(C)c1C=C.CC.CC. The molecule has 1 aromatic carbocycles. The van der Waals surface area contributed by atoms with Crippen molar-refractivity contribution >= 4 is 12.2 Å². The Kier molecular flexibility index (Phi) is 20.8. The van der Waals surface area contributed by atoms with E-state index in [1.165, 1.54) is 11.1 Å². The van der Waals surface area contributed by atoms with Gasteiger partial charge in [-0.3, -0.25) is 0 Å². The van der Waals surface area contributed by atoms with Crippen molar-refractivity contribution in [3.8, 4) is 0 Å². The van der Waals surface area contributed by atoms with Crippen molar-refractivity contribution in [2.75, 3.05) is 7.11 Å². The molecule has 0 aliphatic rings. The maximum Gasteiger partial charge on any atom is 0.111 e. The molecule has 0 N–H and O–H groups in total. The maximum atomic E-state index is 4.78. The summed E-state index contributed by atoms with van der Waals surface area (Å²) in [7, 11) is 1.59. The number of ether oxygens (including phenoxy) is 1. The van der Waals surface area contributed by atoms with Crippen LogP contribution in [0.25, 0.3) is 12.2 Å². The first-order valence-corrected chi connectivity index (χ1v) is 8.37. The molecule has 1 nitrogen and oxygen atoms in total. The van der Waals surface area contributed by atoms with Crippen LogP contribution in [0.5, 0.6) is 0 Å². The Morgan fingerprint density at radius 1 is 0.958 bits per heavy atom. The van der Waals surface area contributed by atoms with Crippen LogP contribution in [0.2, 0.25) is 0 Å². The first-order valence-electron chi connectivity index (χ1n) is 8.37. The summed E-state index contributed by atoms with van der Waals surface area (Å²) in [6, 6.07) is 6.14. The quantitative estimate of drug-likeness (QED) is 0.399. The van der Waals surface area contributed by atoms with Crippen LogP contribution in [0.15, 0.2) is 68.0 Å². The Labute approximate surface area is 150 Å². The van der Waals surface area contributed by atoms with Gasteiger partial charge in [-0.2, -0.15) is 0 Å². The third-order valence-electron chi connectivity index (χ3n) is 2.60. The Hall–Kier alpha value is -2.28. The summed E-state index contributed by atoms with van der Waals surface area (Å²) in [6.07, 6.45) is 7.35. The third-order valence-corrected chi connectivity index (χ3v) is 2.60. The number of hydrogen-bond donors (Lipinski definition) is 0. The predicted molar refractivity (Wildman–Crippen MR) is 114 cm³/mol. The van der Waals surface area contributed by atoms with E-state index in [1.54, 1.807) is 13.2 Å². The van der Waals surface area contributed by atoms with Gasteiger partial charge in [0.05, 0.1) is 7.11 Å². The van der Waals surface area contributed by atoms with Gasteiger partial charge in [0, 0.05) is 0 Å². The van der Waals surface area contributed by atoms with Crippen LogP contribution < -0.4 is 0 Å². The number of hydrogen-bond acceptors (Lipinski definition) is 1. The fourth-order valence-electron chi connectivity index (χ4n) is 1.46. The van der Waals surface area contributed by atoms with Crippen LogP contribution in [-0.2, 0) is 4.74 Å². The Morgan fingerprint density at radius 2 is 1.50 bits per heavy atom. The zero-order valence-electron chi connectivity index (χ0n) is 16.8. The van der Waals surface area contributed by atoms with Gasteiger partial charge in [-0.1, -0.05) is 96.0 Å². The molecule has 0 aliphatic carbocycles. The van der Waals surface area contributed by atoms with Gasteiger partial charge in [-0.15, -0.1) is 0 Å². The smallest absolute Gasteiger partial charge is 0.111 e. The van der Waals surface area contributed by atoms with E-state index in [4.69, 9.17) is 4.74 Å². The molecule has 0 fully saturated rings. The number of methoxy groups -OCH3 is 1. The molecule has 0 saturated heterocycles. The molecule has 134 valence electrons. The molecule has 24 heavy (non-hydrogen) atoms. The second-order valence-electron chi connectivity index (χ2n) is 4.34. The first kappa shape index (κ1) is 26.6. The van der Waals surface area contributed by atoms with Gasteiger partial charge in [0.2, 0.25) is 0 Å². The largest absolute Gasteiger partial charge is 0.497 e. The highest BCUT2D eigenvalue weighted by Crippen LogP contribution is 2.15. The van der Waals surface area contributed by atoms with Gasteiger partial charge in [0.1, 0.15) is 5.76 Å². The van der Waals surface area contributed by atoms with Crippen molar-refractivity contribution in [2.24, 2.45) is 0 Å². The fourth-order valence-corrected chi connectivity index (χ4v) is 1.46. The van der Waals surface area contributed by atoms with Gasteiger partial charge in [0.25, 0.3) is 0 Å². The zero-order chi connectivity index (χ0) is 19.5. The minimum Gasteiger partial charge on any atom is -0.497 e. The normalized spacial score (nSPS) is 8.29. The standard InChI is InChI=1S/C11H12.C8H12O.2C2H6/c1-4-10-8-6-7-9(3)11(10)5-2;1-7(2)5-6-8(3)9-4;2*1-2/h4-8H,1-2H2,3H3;5-6H,1,3H2,2,4H3;2*1-2H3/b;6-5-;;. The molecule has 1 heteroatoms. The molecular formula is C23H36O. The van der Waals surface area contributed by atoms with Gasteiger partial charge in [0.15, 0.2) is 0 Å². The second-order valence-corrected chi connectivity index (χ2v) is 4.34. The highest BCUT2D eigenvalue weighted by molar-refractivity contribution is 5.65. The van der Waals surface area contributed by atoms with Gasteiger partial charge in [-0.25, -0.2) is 0 Å². The predicted octanol–water partition coefficient (Wildman–Crippen LogP) is 7.61. The van der Waals surface area contributed by atoms with E-state index in [2.05, 4.69) is 39.3 Å². The molecule has 0 spiro atoms. The summed E-state index contributed by atoms with van der Waals surface area (Å²) in [6.45, 7) is 26.7. The van der Waals surface area contributed by atoms with E-state index in [1.807, 2.05) is 65.0 Å². The van der Waals surface area contributed by atoms with E-state index in [0.29, 0.717) is 5.76 Å². The molecule has 1 rings (SSSR count). The monoisotopic (exact) mass is 328 g/mol. The molecule has 0 atom stereocenters. The van der Waals surface area contributed by atoms with Crippen molar-refractivity contribution < 1.29 is 4.74 Å². The first-order chi connectivity index (χ1) is 11.5. The van der Waals surface area contributed by atoms with Crippen molar-refractivity contribution in [2.45, 2.75) is 41.5 Å². The molecule has 0 amide bonds. The lowest BCUT2D eigenvalue weighted by atomic mass is 10.0. The molecule has 0 aromatic heterocycles. The van der Waals surface area contributed by atoms with Crippen molar-refractivity contribution in [3.05, 3.63) is 84.7 Å². The molecule has 0 saturated carbocycles. The topological polar surface area (TPSA) is 9.23 Å². The minimum absolute atomic E-state index is 0.651. The molecule has 1 aromatic rings. The molecule has 0 bridgehead atoms. The molecular weight excluding hydrogens is 292 g/mol. The zero-order valence-corrected chi connectivity index (χ0v) is 16.8. The van der Waals surface area contributed by atoms with Crippen LogP contribution in [0.3, 0.4) is 0 Å². The Morgan fingerprint density at radius 3 is 1.83 bits per heavy atom. The highest BCUT2D eigenvalue weighted by Gasteiger charge is 1.96. The summed E-state index contributed by atoms with van der Waals surface area (Å²) < 4.78 is 4.78. The number of allylic oxidation sites excluding steroid dienone is 3. The minimum atomic E-state index is 0.651. The van der Waals surface area contributed by atoms with Crippen molar-refractivity contribution in [3.63, 3.8) is 0 Å². The van der Waals surface area contributed by atoms with Crippen LogP contribution in [0.4, 0.5) is 0 Å². The van der Waals surface area contributed by atoms with Crippen LogP contribution in [0, 0.1) is 6.92 Å². The summed E-state index contributed by atoms with van der Waals surface area (Å²) in [5.74, 6) is 0.651. The Balaban J connectivity index is -0.000000309. The van der Waals surface area contributed by atoms with Gasteiger partial charge < -0.3 is 4.74 Å². The van der Waals surface area contributed by atoms with E-state index in [9.17, 15) is 0 Å². The Bertz CT molecular complexity index is 519. The van der Waals surface area contributed by atoms with Crippen LogP contribution in [-0.4, -0.2) is 7.11 Å². The van der Waals surface area contributed by atoms with Crippen LogP contribution in [0.1, 0.15) is 51.3 Å². The average Bonchev–Trinajstić information content (AvgIpc) is 2.63. The summed E-state index contributed by atoms with van der Waals surface area (Å²) >= 11 is 0. The lowest BCUT2D eigenvalue weighted by Gasteiger charge is -2.03. The number of benzene rings is 1. The second kappa shape index (κ2) is 18.8. The maximum absolute atomic E-state index is 4.78. The molecule has 0 radical (unpaired) electrons. The highest BCUT2D eigenvalue weighted by atomic mass is 16.5. The van der Waals surface area contributed by atoms with Crippen molar-refractivity contribution in [1.29, 1.82) is 0 Å². The number of aryl methyl sites for hydroxylation is 1. The van der Waals surface area contributed by atoms with E-state index >= 15 is 0 Å². The molecule has 0 aliphatic heterocycles. The summed E-state index contributed by atoms with van der Waals surface area (Å²) in [5, 5.41) is 0. The summed E-state index contributed by atoms with van der Waals surface area (Å²) in [5.41, 5.74) is 4.58. The van der Waals surface area contributed by atoms with Gasteiger partial charge >= 0.3 is 0 Å². The van der Waals surface area contributed by atoms with Crippen molar-refractivity contribution in [1.82, 2.24) is 0 Å². The van der Waals surface area contributed by atoms with E-state index in [0.717, 1.165) is 11.1 Å². The van der Waals surface area contributed by atoms with E-state index < -0.39 is 0 Å². The fraction of sp³-hybridized carbons (Fsp3) is 0.304. The lowest BCUT2D eigenvalue weighted by Crippen LogP contribution is -1.83. The van der Waals surface area contributed by atoms with Gasteiger partial charge in [-0.05, 0) is 36.6 Å².